The molecule has 0 saturated carbocycles. The lowest BCUT2D eigenvalue weighted by Gasteiger charge is -2.23. The molecule has 2 amide bonds. The third kappa shape index (κ3) is 6.83. The molecule has 0 unspecified atom stereocenters. The average molecular weight is 434 g/mol. The zero-order valence-electron chi connectivity index (χ0n) is 18.2. The van der Waals surface area contributed by atoms with Gasteiger partial charge in [-0.25, -0.2) is 4.79 Å². The largest absolute Gasteiger partial charge is 0.346 e. The maximum Gasteiger partial charge on any atom is 0.346 e. The van der Waals surface area contributed by atoms with Crippen LogP contribution in [-0.2, 0) is 14.4 Å². The van der Waals surface area contributed by atoms with E-state index in [9.17, 15) is 13.2 Å². The summed E-state index contributed by atoms with van der Waals surface area (Å²) in [5.74, 6) is 0. The van der Waals surface area contributed by atoms with Crippen LogP contribution in [0.4, 0.5) is 10.5 Å². The Morgan fingerprint density at radius 1 is 1.03 bits per heavy atom. The van der Waals surface area contributed by atoms with Crippen molar-refractivity contribution in [3.05, 3.63) is 59.2 Å². The molecule has 0 aliphatic rings. The third-order valence-electron chi connectivity index (χ3n) is 4.53. The van der Waals surface area contributed by atoms with Gasteiger partial charge in [-0.1, -0.05) is 49.7 Å². The van der Waals surface area contributed by atoms with E-state index in [1.165, 1.54) is 12.1 Å². The predicted molar refractivity (Wildman–Crippen MR) is 119 cm³/mol. The van der Waals surface area contributed by atoms with Crippen LogP contribution < -0.4 is 10.6 Å². The number of hydrogen-bond acceptors (Lipinski definition) is 5. The highest BCUT2D eigenvalue weighted by atomic mass is 32.2. The Kier molecular flexibility index (Phi) is 8.40. The molecule has 30 heavy (non-hydrogen) atoms. The van der Waals surface area contributed by atoms with Gasteiger partial charge in [0.05, 0.1) is 11.4 Å². The standard InChI is InChI=1S/C22H31N3O4S/c1-16(2)23-14-7-15-25(22(26)24-21-18(4)8-6-9-19(21)5)29-30(27,28)20-12-10-17(3)11-13-20/h6,8-13,16,23H,7,14-15H2,1-5H3,(H,24,26). The quantitative estimate of drug-likeness (QED) is 0.458. The molecule has 164 valence electrons. The van der Waals surface area contributed by atoms with E-state index in [0.29, 0.717) is 24.7 Å². The van der Waals surface area contributed by atoms with Crippen LogP contribution in [0.3, 0.4) is 0 Å². The first kappa shape index (κ1) is 23.9. The zero-order chi connectivity index (χ0) is 22.3. The van der Waals surface area contributed by atoms with Crippen LogP contribution in [0.1, 0.15) is 37.0 Å². The van der Waals surface area contributed by atoms with Crippen molar-refractivity contribution in [2.45, 2.75) is 52.0 Å². The highest BCUT2D eigenvalue weighted by molar-refractivity contribution is 7.86. The highest BCUT2D eigenvalue weighted by Crippen LogP contribution is 2.21. The first-order valence-electron chi connectivity index (χ1n) is 9.99. The first-order chi connectivity index (χ1) is 14.1. The van der Waals surface area contributed by atoms with Gasteiger partial charge in [0, 0.05) is 11.7 Å². The summed E-state index contributed by atoms with van der Waals surface area (Å²) >= 11 is 0. The first-order valence-corrected chi connectivity index (χ1v) is 11.4. The van der Waals surface area contributed by atoms with Gasteiger partial charge in [0.15, 0.2) is 0 Å². The number of nitrogens with zero attached hydrogens (tertiary/aromatic N) is 1. The second-order valence-electron chi connectivity index (χ2n) is 7.60. The Balaban J connectivity index is 2.20. The molecule has 0 heterocycles. The molecule has 8 heteroatoms. The number of para-hydroxylation sites is 1. The van der Waals surface area contributed by atoms with Crippen molar-refractivity contribution in [1.82, 2.24) is 10.4 Å². The molecule has 0 bridgehead atoms. The number of hydroxylamine groups is 2. The molecule has 0 radical (unpaired) electrons. The summed E-state index contributed by atoms with van der Waals surface area (Å²) in [6.07, 6.45) is 0.530. The summed E-state index contributed by atoms with van der Waals surface area (Å²) in [5.41, 5.74) is 3.33. The molecule has 0 aliphatic carbocycles. The minimum atomic E-state index is -4.14. The van der Waals surface area contributed by atoms with E-state index < -0.39 is 16.1 Å². The zero-order valence-corrected chi connectivity index (χ0v) is 19.0. The summed E-state index contributed by atoms with van der Waals surface area (Å²) in [6, 6.07) is 11.6. The fourth-order valence-electron chi connectivity index (χ4n) is 2.83. The van der Waals surface area contributed by atoms with Gasteiger partial charge in [-0.15, -0.1) is 4.28 Å². The Morgan fingerprint density at radius 3 is 2.20 bits per heavy atom. The van der Waals surface area contributed by atoms with E-state index in [1.54, 1.807) is 12.1 Å². The van der Waals surface area contributed by atoms with Crippen molar-refractivity contribution in [2.75, 3.05) is 18.4 Å². The van der Waals surface area contributed by atoms with E-state index in [2.05, 4.69) is 10.6 Å². The maximum absolute atomic E-state index is 12.9. The van der Waals surface area contributed by atoms with Gasteiger partial charge in [0.1, 0.15) is 0 Å². The Labute approximate surface area is 179 Å². The molecule has 0 aromatic heterocycles. The van der Waals surface area contributed by atoms with Crippen molar-refractivity contribution < 1.29 is 17.5 Å². The summed E-state index contributed by atoms with van der Waals surface area (Å²) in [6.45, 7) is 10.4. The molecule has 0 saturated heterocycles. The average Bonchev–Trinajstić information content (AvgIpc) is 2.67. The molecule has 7 nitrogen and oxygen atoms in total. The number of hydrogen-bond donors (Lipinski definition) is 2. The fraction of sp³-hybridized carbons (Fsp3) is 0.409. The van der Waals surface area contributed by atoms with E-state index in [-0.39, 0.29) is 11.4 Å². The minimum Gasteiger partial charge on any atom is -0.314 e. The van der Waals surface area contributed by atoms with Crippen molar-refractivity contribution in [1.29, 1.82) is 0 Å². The van der Waals surface area contributed by atoms with Gasteiger partial charge in [-0.05, 0) is 57.0 Å². The van der Waals surface area contributed by atoms with Crippen LogP contribution in [0.25, 0.3) is 0 Å². The Morgan fingerprint density at radius 2 is 1.63 bits per heavy atom. The van der Waals surface area contributed by atoms with Crippen molar-refractivity contribution in [2.24, 2.45) is 0 Å². The molecule has 0 fully saturated rings. The van der Waals surface area contributed by atoms with Crippen LogP contribution in [0, 0.1) is 20.8 Å². The number of rotatable bonds is 9. The molecule has 2 N–H and O–H groups in total. The molecular weight excluding hydrogens is 402 g/mol. The number of carbonyl (C=O) groups excluding carboxylic acids is 1. The molecular formula is C22H31N3O4S. The lowest BCUT2D eigenvalue weighted by Crippen LogP contribution is -2.39. The molecule has 0 spiro atoms. The normalized spacial score (nSPS) is 11.5. The second-order valence-corrected chi connectivity index (χ2v) is 9.13. The SMILES string of the molecule is Cc1ccc(S(=O)(=O)ON(CCCNC(C)C)C(=O)Nc2c(C)cccc2C)cc1. The van der Waals surface area contributed by atoms with E-state index in [4.69, 9.17) is 4.28 Å². The van der Waals surface area contributed by atoms with Crippen molar-refractivity contribution >= 4 is 21.8 Å². The number of anilines is 1. The fourth-order valence-corrected chi connectivity index (χ4v) is 3.77. The van der Waals surface area contributed by atoms with Crippen LogP contribution in [-0.4, -0.2) is 38.6 Å². The van der Waals surface area contributed by atoms with Crippen LogP contribution >= 0.6 is 0 Å². The second kappa shape index (κ2) is 10.6. The number of benzene rings is 2. The maximum atomic E-state index is 12.9. The number of carbonyl (C=O) groups is 1. The van der Waals surface area contributed by atoms with Gasteiger partial charge >= 0.3 is 16.1 Å². The van der Waals surface area contributed by atoms with Gasteiger partial charge < -0.3 is 10.6 Å². The Bertz CT molecular complexity index is 937. The van der Waals surface area contributed by atoms with E-state index in [0.717, 1.165) is 21.8 Å². The molecule has 2 rings (SSSR count). The van der Waals surface area contributed by atoms with Gasteiger partial charge in [-0.2, -0.15) is 13.5 Å². The smallest absolute Gasteiger partial charge is 0.314 e. The van der Waals surface area contributed by atoms with E-state index in [1.807, 2.05) is 52.8 Å². The highest BCUT2D eigenvalue weighted by Gasteiger charge is 2.25. The summed E-state index contributed by atoms with van der Waals surface area (Å²) in [4.78, 5) is 12.9. The summed E-state index contributed by atoms with van der Waals surface area (Å²) in [7, 11) is -4.14. The van der Waals surface area contributed by atoms with E-state index >= 15 is 0 Å². The molecule has 0 aliphatic heterocycles. The monoisotopic (exact) mass is 433 g/mol. The summed E-state index contributed by atoms with van der Waals surface area (Å²) < 4.78 is 30.7. The topological polar surface area (TPSA) is 87.7 Å². The van der Waals surface area contributed by atoms with Crippen LogP contribution in [0.2, 0.25) is 0 Å². The Hall–Kier alpha value is -2.42. The van der Waals surface area contributed by atoms with Crippen LogP contribution in [0.15, 0.2) is 47.4 Å². The van der Waals surface area contributed by atoms with Gasteiger partial charge in [0.2, 0.25) is 0 Å². The predicted octanol–water partition coefficient (Wildman–Crippen LogP) is 4.15. The van der Waals surface area contributed by atoms with Gasteiger partial charge in [0.25, 0.3) is 0 Å². The number of nitrogens with one attached hydrogen (secondary N) is 2. The lowest BCUT2D eigenvalue weighted by atomic mass is 10.1. The minimum absolute atomic E-state index is 0.00159. The van der Waals surface area contributed by atoms with Gasteiger partial charge in [-0.3, -0.25) is 0 Å². The lowest BCUT2D eigenvalue weighted by molar-refractivity contribution is -0.000361. The molecule has 2 aromatic carbocycles. The summed E-state index contributed by atoms with van der Waals surface area (Å²) in [5, 5.41) is 6.91. The number of aryl methyl sites for hydroxylation is 3. The van der Waals surface area contributed by atoms with Crippen molar-refractivity contribution in [3.63, 3.8) is 0 Å². The third-order valence-corrected chi connectivity index (χ3v) is 5.75. The van der Waals surface area contributed by atoms with Crippen LogP contribution in [0.5, 0.6) is 0 Å². The molecule has 0 atom stereocenters. The molecule has 2 aromatic rings. The number of urea groups is 1. The van der Waals surface area contributed by atoms with Crippen molar-refractivity contribution in [3.8, 4) is 0 Å². The number of amides is 2.